The molecule has 0 unspecified atom stereocenters. The van der Waals surface area contributed by atoms with Gasteiger partial charge >= 0.3 is 11.8 Å². The highest BCUT2D eigenvalue weighted by Gasteiger charge is 2.16. The molecule has 0 aliphatic carbocycles. The van der Waals surface area contributed by atoms with Crippen molar-refractivity contribution in [2.45, 2.75) is 6.54 Å². The van der Waals surface area contributed by atoms with Crippen LogP contribution in [0.2, 0.25) is 0 Å². The molecule has 1 aliphatic rings. The van der Waals surface area contributed by atoms with Crippen LogP contribution >= 0.6 is 11.3 Å². The maximum atomic E-state index is 11.8. The molecule has 1 aliphatic heterocycles. The van der Waals surface area contributed by atoms with Crippen LogP contribution in [0.5, 0.6) is 11.5 Å². The summed E-state index contributed by atoms with van der Waals surface area (Å²) in [5, 5.41) is 7.02. The Kier molecular flexibility index (Phi) is 4.24. The van der Waals surface area contributed by atoms with Crippen molar-refractivity contribution < 1.29 is 19.1 Å². The third-order valence-electron chi connectivity index (χ3n) is 3.01. The predicted octanol–water partition coefficient (Wildman–Crippen LogP) is 1.77. The molecule has 114 valence electrons. The molecule has 2 amide bonds. The summed E-state index contributed by atoms with van der Waals surface area (Å²) >= 11 is 1.52. The van der Waals surface area contributed by atoms with E-state index < -0.39 is 11.8 Å². The number of rotatable bonds is 3. The van der Waals surface area contributed by atoms with E-state index in [9.17, 15) is 9.59 Å². The fourth-order valence-corrected chi connectivity index (χ4v) is 2.61. The summed E-state index contributed by atoms with van der Waals surface area (Å²) in [4.78, 5) is 24.6. The zero-order chi connectivity index (χ0) is 15.4. The highest BCUT2D eigenvalue weighted by Crippen LogP contribution is 2.32. The number of ether oxygens (including phenoxy) is 2. The summed E-state index contributed by atoms with van der Waals surface area (Å²) in [7, 11) is 0. The van der Waals surface area contributed by atoms with Gasteiger partial charge in [-0.25, -0.2) is 0 Å². The quantitative estimate of drug-likeness (QED) is 0.846. The number of thiophene rings is 1. The molecule has 2 heterocycles. The second-order valence-corrected chi connectivity index (χ2v) is 5.61. The largest absolute Gasteiger partial charge is 0.486 e. The first-order chi connectivity index (χ1) is 10.7. The van der Waals surface area contributed by atoms with Crippen molar-refractivity contribution >= 4 is 28.8 Å². The smallest absolute Gasteiger partial charge is 0.313 e. The molecule has 0 spiro atoms. The van der Waals surface area contributed by atoms with Gasteiger partial charge in [-0.2, -0.15) is 0 Å². The van der Waals surface area contributed by atoms with Gasteiger partial charge in [-0.1, -0.05) is 6.07 Å². The molecule has 0 saturated carbocycles. The molecule has 0 bridgehead atoms. The van der Waals surface area contributed by atoms with Gasteiger partial charge in [-0.15, -0.1) is 11.3 Å². The number of carbonyl (C=O) groups excluding carboxylic acids is 2. The molecule has 1 aromatic heterocycles. The monoisotopic (exact) mass is 318 g/mol. The molecule has 6 nitrogen and oxygen atoms in total. The second kappa shape index (κ2) is 6.48. The number of benzene rings is 1. The zero-order valence-corrected chi connectivity index (χ0v) is 12.4. The third-order valence-corrected chi connectivity index (χ3v) is 3.89. The Morgan fingerprint density at radius 3 is 2.68 bits per heavy atom. The number of hydrogen-bond acceptors (Lipinski definition) is 5. The van der Waals surface area contributed by atoms with Gasteiger partial charge in [0.1, 0.15) is 13.2 Å². The molecule has 0 radical (unpaired) electrons. The van der Waals surface area contributed by atoms with Crippen LogP contribution in [0.3, 0.4) is 0 Å². The van der Waals surface area contributed by atoms with E-state index in [1.807, 2.05) is 17.5 Å². The SMILES string of the molecule is O=C(NCc1cccs1)C(=O)Nc1ccc2c(c1)OCCO2. The summed E-state index contributed by atoms with van der Waals surface area (Å²) in [6.07, 6.45) is 0. The molecular weight excluding hydrogens is 304 g/mol. The molecule has 1 aromatic carbocycles. The van der Waals surface area contributed by atoms with E-state index in [2.05, 4.69) is 10.6 Å². The maximum absolute atomic E-state index is 11.8. The molecule has 0 saturated heterocycles. The number of anilines is 1. The fraction of sp³-hybridized carbons (Fsp3) is 0.200. The Morgan fingerprint density at radius 2 is 1.91 bits per heavy atom. The average Bonchev–Trinajstić information content (AvgIpc) is 3.06. The Bertz CT molecular complexity index is 685. The molecule has 0 fully saturated rings. The summed E-state index contributed by atoms with van der Waals surface area (Å²) in [6.45, 7) is 1.31. The van der Waals surface area contributed by atoms with E-state index in [1.165, 1.54) is 11.3 Å². The van der Waals surface area contributed by atoms with Crippen LogP contribution in [-0.2, 0) is 16.1 Å². The first-order valence-electron chi connectivity index (χ1n) is 6.73. The lowest BCUT2D eigenvalue weighted by Gasteiger charge is -2.18. The number of hydrogen-bond donors (Lipinski definition) is 2. The number of nitrogens with one attached hydrogen (secondary N) is 2. The molecular formula is C15H14N2O4S. The highest BCUT2D eigenvalue weighted by molar-refractivity contribution is 7.09. The van der Waals surface area contributed by atoms with E-state index in [0.717, 1.165) is 4.88 Å². The lowest BCUT2D eigenvalue weighted by atomic mass is 10.2. The Balaban J connectivity index is 1.57. The normalized spacial score (nSPS) is 12.5. The molecule has 2 N–H and O–H groups in total. The van der Waals surface area contributed by atoms with Gasteiger partial charge < -0.3 is 20.1 Å². The van der Waals surface area contributed by atoms with E-state index in [1.54, 1.807) is 18.2 Å². The average molecular weight is 318 g/mol. The van der Waals surface area contributed by atoms with Gasteiger partial charge in [0.15, 0.2) is 11.5 Å². The van der Waals surface area contributed by atoms with Crippen LogP contribution in [0.15, 0.2) is 35.7 Å². The van der Waals surface area contributed by atoms with Gasteiger partial charge in [0, 0.05) is 16.6 Å². The van der Waals surface area contributed by atoms with E-state index in [-0.39, 0.29) is 0 Å². The van der Waals surface area contributed by atoms with Gasteiger partial charge in [-0.05, 0) is 23.6 Å². The first kappa shape index (κ1) is 14.4. The molecule has 7 heteroatoms. The van der Waals surface area contributed by atoms with Crippen LogP contribution in [0.4, 0.5) is 5.69 Å². The molecule has 2 aromatic rings. The van der Waals surface area contributed by atoms with E-state index in [0.29, 0.717) is 36.9 Å². The lowest BCUT2D eigenvalue weighted by Crippen LogP contribution is -2.34. The first-order valence-corrected chi connectivity index (χ1v) is 7.61. The van der Waals surface area contributed by atoms with Gasteiger partial charge in [0.25, 0.3) is 0 Å². The number of carbonyl (C=O) groups is 2. The lowest BCUT2D eigenvalue weighted by molar-refractivity contribution is -0.136. The van der Waals surface area contributed by atoms with Crippen molar-refractivity contribution in [3.63, 3.8) is 0 Å². The van der Waals surface area contributed by atoms with Gasteiger partial charge in [0.2, 0.25) is 0 Å². The standard InChI is InChI=1S/C15H14N2O4S/c18-14(16-9-11-2-1-7-22-11)15(19)17-10-3-4-12-13(8-10)21-6-5-20-12/h1-4,7-8H,5-6,9H2,(H,16,18)(H,17,19). The van der Waals surface area contributed by atoms with Crippen molar-refractivity contribution in [3.05, 3.63) is 40.6 Å². The van der Waals surface area contributed by atoms with Gasteiger partial charge in [-0.3, -0.25) is 9.59 Å². The third kappa shape index (κ3) is 3.37. The summed E-state index contributed by atoms with van der Waals surface area (Å²) in [5.74, 6) is -0.203. The van der Waals surface area contributed by atoms with E-state index in [4.69, 9.17) is 9.47 Å². The second-order valence-electron chi connectivity index (χ2n) is 4.57. The van der Waals surface area contributed by atoms with Crippen molar-refractivity contribution in [1.29, 1.82) is 0 Å². The Hall–Kier alpha value is -2.54. The van der Waals surface area contributed by atoms with Crippen molar-refractivity contribution in [1.82, 2.24) is 5.32 Å². The van der Waals surface area contributed by atoms with Crippen LogP contribution in [0, 0.1) is 0 Å². The minimum Gasteiger partial charge on any atom is -0.486 e. The summed E-state index contributed by atoms with van der Waals surface area (Å²) in [5.41, 5.74) is 0.487. The Labute approximate surface area is 131 Å². The van der Waals surface area contributed by atoms with Crippen LogP contribution in [0.25, 0.3) is 0 Å². The molecule has 3 rings (SSSR count). The van der Waals surface area contributed by atoms with Crippen molar-refractivity contribution in [2.75, 3.05) is 18.5 Å². The van der Waals surface area contributed by atoms with Crippen LogP contribution in [-0.4, -0.2) is 25.0 Å². The van der Waals surface area contributed by atoms with Gasteiger partial charge in [0.05, 0.1) is 6.54 Å². The number of fused-ring (bicyclic) bond motifs is 1. The minimum atomic E-state index is -0.715. The molecule has 0 atom stereocenters. The zero-order valence-electron chi connectivity index (χ0n) is 11.6. The minimum absolute atomic E-state index is 0.338. The van der Waals surface area contributed by atoms with E-state index >= 15 is 0 Å². The highest BCUT2D eigenvalue weighted by atomic mass is 32.1. The number of amides is 2. The fourth-order valence-electron chi connectivity index (χ4n) is 1.97. The van der Waals surface area contributed by atoms with Crippen molar-refractivity contribution in [2.24, 2.45) is 0 Å². The summed E-state index contributed by atoms with van der Waals surface area (Å²) < 4.78 is 10.8. The summed E-state index contributed by atoms with van der Waals surface area (Å²) in [6, 6.07) is 8.79. The van der Waals surface area contributed by atoms with Crippen LogP contribution in [0.1, 0.15) is 4.88 Å². The van der Waals surface area contributed by atoms with Crippen LogP contribution < -0.4 is 20.1 Å². The topological polar surface area (TPSA) is 76.7 Å². The van der Waals surface area contributed by atoms with Crippen molar-refractivity contribution in [3.8, 4) is 11.5 Å². The Morgan fingerprint density at radius 1 is 1.09 bits per heavy atom. The predicted molar refractivity (Wildman–Crippen MR) is 82.2 cm³/mol. The molecule has 22 heavy (non-hydrogen) atoms. The maximum Gasteiger partial charge on any atom is 0.313 e.